The van der Waals surface area contributed by atoms with Gasteiger partial charge in [0.05, 0.1) is 34.6 Å². The Morgan fingerprint density at radius 2 is 2.14 bits per heavy atom. The lowest BCUT2D eigenvalue weighted by Crippen LogP contribution is -2.01. The molecule has 21 heavy (non-hydrogen) atoms. The van der Waals surface area contributed by atoms with Crippen LogP contribution in [0.1, 0.15) is 10.4 Å². The molecule has 0 fully saturated rings. The molecular formula is C13H12ClNO5S. The zero-order valence-electron chi connectivity index (χ0n) is 11.0. The van der Waals surface area contributed by atoms with Crippen LogP contribution in [0.5, 0.6) is 11.5 Å². The van der Waals surface area contributed by atoms with E-state index in [1.54, 1.807) is 6.07 Å². The lowest BCUT2D eigenvalue weighted by Gasteiger charge is -2.11. The Morgan fingerprint density at radius 3 is 2.67 bits per heavy atom. The van der Waals surface area contributed by atoms with Crippen LogP contribution in [-0.2, 0) is 13.2 Å². The van der Waals surface area contributed by atoms with E-state index in [9.17, 15) is 15.2 Å². The summed E-state index contributed by atoms with van der Waals surface area (Å²) in [4.78, 5) is 11.3. The molecule has 0 aliphatic rings. The second kappa shape index (κ2) is 6.75. The Hall–Kier alpha value is -1.83. The molecule has 0 bridgehead atoms. The minimum Gasteiger partial charge on any atom is -0.493 e. The van der Waals surface area contributed by atoms with E-state index in [2.05, 4.69) is 0 Å². The quantitative estimate of drug-likeness (QED) is 0.649. The number of hydrogen-bond acceptors (Lipinski definition) is 6. The number of thiophene rings is 1. The molecule has 0 aliphatic heterocycles. The first-order chi connectivity index (χ1) is 10.0. The Morgan fingerprint density at radius 1 is 1.38 bits per heavy atom. The first kappa shape index (κ1) is 15.6. The lowest BCUT2D eigenvalue weighted by molar-refractivity contribution is -0.386. The van der Waals surface area contributed by atoms with E-state index in [1.165, 1.54) is 30.6 Å². The van der Waals surface area contributed by atoms with Gasteiger partial charge in [-0.05, 0) is 18.2 Å². The summed E-state index contributed by atoms with van der Waals surface area (Å²) in [6, 6.07) is 6.21. The van der Waals surface area contributed by atoms with Crippen molar-refractivity contribution in [2.75, 3.05) is 7.11 Å². The molecule has 6 nitrogen and oxygen atoms in total. The second-order valence-corrected chi connectivity index (χ2v) is 5.84. The van der Waals surface area contributed by atoms with E-state index >= 15 is 0 Å². The van der Waals surface area contributed by atoms with Crippen molar-refractivity contribution in [2.24, 2.45) is 0 Å². The Bertz CT molecular complexity index is 658. The molecule has 8 heteroatoms. The number of benzene rings is 1. The van der Waals surface area contributed by atoms with E-state index in [-0.39, 0.29) is 23.6 Å². The normalized spacial score (nSPS) is 10.4. The third-order valence-electron chi connectivity index (χ3n) is 2.73. The van der Waals surface area contributed by atoms with Gasteiger partial charge in [0.2, 0.25) is 0 Å². The number of rotatable bonds is 6. The van der Waals surface area contributed by atoms with Crippen molar-refractivity contribution >= 4 is 28.6 Å². The summed E-state index contributed by atoms with van der Waals surface area (Å²) in [5.74, 6) is 0.568. The maximum absolute atomic E-state index is 11.0. The number of nitro benzene ring substituents is 1. The summed E-state index contributed by atoms with van der Waals surface area (Å²) >= 11 is 7.19. The van der Waals surface area contributed by atoms with Crippen LogP contribution in [0.2, 0.25) is 4.34 Å². The van der Waals surface area contributed by atoms with Crippen LogP contribution in [0.3, 0.4) is 0 Å². The van der Waals surface area contributed by atoms with Crippen LogP contribution in [0.15, 0.2) is 24.3 Å². The van der Waals surface area contributed by atoms with Crippen molar-refractivity contribution in [3.05, 3.63) is 49.2 Å². The van der Waals surface area contributed by atoms with Crippen molar-refractivity contribution in [1.29, 1.82) is 0 Å². The average Bonchev–Trinajstić information content (AvgIpc) is 2.89. The summed E-state index contributed by atoms with van der Waals surface area (Å²) in [6.07, 6.45) is 0. The van der Waals surface area contributed by atoms with Crippen molar-refractivity contribution in [3.8, 4) is 11.5 Å². The number of nitro groups is 1. The van der Waals surface area contributed by atoms with Gasteiger partial charge in [-0.15, -0.1) is 11.3 Å². The number of ether oxygens (including phenoxy) is 2. The smallest absolute Gasteiger partial charge is 0.278 e. The van der Waals surface area contributed by atoms with Gasteiger partial charge in [-0.1, -0.05) is 11.6 Å². The van der Waals surface area contributed by atoms with Gasteiger partial charge in [0.1, 0.15) is 6.61 Å². The molecule has 1 aromatic heterocycles. The van der Waals surface area contributed by atoms with Gasteiger partial charge in [-0.3, -0.25) is 10.1 Å². The largest absolute Gasteiger partial charge is 0.493 e. The van der Waals surface area contributed by atoms with Crippen molar-refractivity contribution in [1.82, 2.24) is 0 Å². The highest BCUT2D eigenvalue weighted by Gasteiger charge is 2.19. The van der Waals surface area contributed by atoms with Gasteiger partial charge in [0.25, 0.3) is 5.69 Å². The van der Waals surface area contributed by atoms with Crippen molar-refractivity contribution < 1.29 is 19.5 Å². The van der Waals surface area contributed by atoms with Gasteiger partial charge in [0.15, 0.2) is 11.5 Å². The van der Waals surface area contributed by atoms with E-state index < -0.39 is 11.5 Å². The summed E-state index contributed by atoms with van der Waals surface area (Å²) < 4.78 is 11.3. The molecule has 1 heterocycles. The summed E-state index contributed by atoms with van der Waals surface area (Å²) in [5.41, 5.74) is -0.0409. The molecule has 0 amide bonds. The molecule has 1 aromatic carbocycles. The zero-order valence-corrected chi connectivity index (χ0v) is 12.6. The highest BCUT2D eigenvalue weighted by atomic mass is 35.5. The summed E-state index contributed by atoms with van der Waals surface area (Å²) in [6.45, 7) is -0.225. The summed E-state index contributed by atoms with van der Waals surface area (Å²) in [5, 5.41) is 20.2. The number of hydrogen-bond donors (Lipinski definition) is 1. The molecule has 0 saturated carbocycles. The molecular weight excluding hydrogens is 318 g/mol. The number of halogens is 1. The molecule has 0 unspecified atom stereocenters. The average molecular weight is 330 g/mol. The maximum atomic E-state index is 11.0. The fraction of sp³-hybridized carbons (Fsp3) is 0.231. The van der Waals surface area contributed by atoms with E-state index in [0.717, 1.165) is 4.88 Å². The fourth-order valence-electron chi connectivity index (χ4n) is 1.74. The van der Waals surface area contributed by atoms with Gasteiger partial charge < -0.3 is 14.6 Å². The first-order valence-corrected chi connectivity index (χ1v) is 7.07. The van der Waals surface area contributed by atoms with Crippen LogP contribution >= 0.6 is 22.9 Å². The van der Waals surface area contributed by atoms with Gasteiger partial charge in [-0.25, -0.2) is 0 Å². The predicted molar refractivity (Wildman–Crippen MR) is 79.2 cm³/mol. The minimum atomic E-state index is -0.570. The van der Waals surface area contributed by atoms with Gasteiger partial charge in [-0.2, -0.15) is 0 Å². The SMILES string of the molecule is COc1cc(CO)c([N+](=O)[O-])cc1OCc1ccc(Cl)s1. The minimum absolute atomic E-state index is 0.170. The Balaban J connectivity index is 2.28. The Labute approximate surface area is 129 Å². The molecule has 0 spiro atoms. The monoisotopic (exact) mass is 329 g/mol. The van der Waals surface area contributed by atoms with Crippen molar-refractivity contribution in [2.45, 2.75) is 13.2 Å². The lowest BCUT2D eigenvalue weighted by atomic mass is 10.1. The molecule has 1 N–H and O–H groups in total. The molecule has 2 aromatic rings. The molecule has 0 atom stereocenters. The number of aliphatic hydroxyl groups is 1. The molecule has 112 valence electrons. The molecule has 0 aliphatic carbocycles. The topological polar surface area (TPSA) is 81.8 Å². The highest BCUT2D eigenvalue weighted by Crippen LogP contribution is 2.35. The number of aliphatic hydroxyl groups excluding tert-OH is 1. The van der Waals surface area contributed by atoms with Crippen LogP contribution < -0.4 is 9.47 Å². The summed E-state index contributed by atoms with van der Waals surface area (Å²) in [7, 11) is 1.43. The molecule has 0 radical (unpaired) electrons. The first-order valence-electron chi connectivity index (χ1n) is 5.88. The number of methoxy groups -OCH3 is 1. The standard InChI is InChI=1S/C13H12ClNO5S/c1-19-11-4-8(6-16)10(15(17)18)5-12(11)20-7-9-2-3-13(14)21-9/h2-5,16H,6-7H2,1H3. The van der Waals surface area contributed by atoms with E-state index in [4.69, 9.17) is 21.1 Å². The maximum Gasteiger partial charge on any atom is 0.278 e. The molecule has 0 saturated heterocycles. The predicted octanol–water partition coefficient (Wildman–Crippen LogP) is 3.39. The number of nitrogens with zero attached hydrogens (tertiary/aromatic N) is 1. The highest BCUT2D eigenvalue weighted by molar-refractivity contribution is 7.16. The second-order valence-electron chi connectivity index (χ2n) is 4.04. The molecule has 2 rings (SSSR count). The fourth-order valence-corrected chi connectivity index (χ4v) is 2.74. The van der Waals surface area contributed by atoms with Crippen LogP contribution in [0.4, 0.5) is 5.69 Å². The Kier molecular flexibility index (Phi) is 5.00. The van der Waals surface area contributed by atoms with Crippen LogP contribution in [-0.4, -0.2) is 17.1 Å². The zero-order chi connectivity index (χ0) is 15.4. The van der Waals surface area contributed by atoms with E-state index in [1.807, 2.05) is 6.07 Å². The van der Waals surface area contributed by atoms with Crippen molar-refractivity contribution in [3.63, 3.8) is 0 Å². The van der Waals surface area contributed by atoms with Gasteiger partial charge >= 0.3 is 0 Å². The van der Waals surface area contributed by atoms with Gasteiger partial charge in [0, 0.05) is 4.88 Å². The third-order valence-corrected chi connectivity index (χ3v) is 3.94. The third kappa shape index (κ3) is 3.63. The van der Waals surface area contributed by atoms with Crippen LogP contribution in [0.25, 0.3) is 0 Å². The van der Waals surface area contributed by atoms with Crippen LogP contribution in [0, 0.1) is 10.1 Å². The van der Waals surface area contributed by atoms with E-state index in [0.29, 0.717) is 10.1 Å².